The zero-order chi connectivity index (χ0) is 14.1. The maximum Gasteiger partial charge on any atom is 0.246 e. The summed E-state index contributed by atoms with van der Waals surface area (Å²) in [6.07, 6.45) is 0.354. The predicted octanol–water partition coefficient (Wildman–Crippen LogP) is 2.88. The van der Waals surface area contributed by atoms with E-state index in [4.69, 9.17) is 4.74 Å². The van der Waals surface area contributed by atoms with Gasteiger partial charge in [0.1, 0.15) is 5.54 Å². The highest BCUT2D eigenvalue weighted by molar-refractivity contribution is 5.77. The first-order valence-electron chi connectivity index (χ1n) is 6.36. The van der Waals surface area contributed by atoms with E-state index in [1.54, 1.807) is 14.0 Å². The Morgan fingerprint density at radius 3 is 2.47 bits per heavy atom. The molecule has 0 saturated carbocycles. The second kappa shape index (κ2) is 4.74. The fraction of sp³-hybridized carbons (Fsp3) is 0.500. The summed E-state index contributed by atoms with van der Waals surface area (Å²) >= 11 is 0. The van der Waals surface area contributed by atoms with Crippen LogP contribution >= 0.6 is 0 Å². The van der Waals surface area contributed by atoms with Gasteiger partial charge in [-0.3, -0.25) is 4.79 Å². The average molecular weight is 261 g/mol. The quantitative estimate of drug-likeness (QED) is 0.840. The highest BCUT2D eigenvalue weighted by atomic mass is 16.5. The lowest BCUT2D eigenvalue weighted by Gasteiger charge is -2.41. The van der Waals surface area contributed by atoms with Crippen molar-refractivity contribution in [2.24, 2.45) is 10.3 Å². The molecule has 1 aliphatic rings. The molecule has 1 unspecified atom stereocenters. The second-order valence-electron chi connectivity index (χ2n) is 5.02. The summed E-state index contributed by atoms with van der Waals surface area (Å²) in [5.41, 5.74) is -0.760. The molecule has 102 valence electrons. The van der Waals surface area contributed by atoms with E-state index in [1.165, 1.54) is 5.01 Å². The average Bonchev–Trinajstić information content (AvgIpc) is 2.70. The maximum atomic E-state index is 12.1. The number of methoxy groups -OCH3 is 1. The van der Waals surface area contributed by atoms with Gasteiger partial charge in [0, 0.05) is 19.1 Å². The Labute approximate surface area is 113 Å². The minimum atomic E-state index is -0.985. The Hall–Kier alpha value is -1.75. The number of nitrogens with zero attached hydrogens (tertiary/aromatic N) is 3. The molecule has 2 rings (SSSR count). The second-order valence-corrected chi connectivity index (χ2v) is 5.02. The number of ether oxygens (including phenoxy) is 1. The molecular weight excluding hydrogens is 242 g/mol. The molecule has 0 aliphatic carbocycles. The molecule has 0 bridgehead atoms. The van der Waals surface area contributed by atoms with Gasteiger partial charge in [-0.05, 0) is 13.8 Å². The van der Waals surface area contributed by atoms with Gasteiger partial charge in [0.15, 0.2) is 0 Å². The zero-order valence-corrected chi connectivity index (χ0v) is 11.8. The smallest absolute Gasteiger partial charge is 0.246 e. The summed E-state index contributed by atoms with van der Waals surface area (Å²) < 4.78 is 5.75. The lowest BCUT2D eigenvalue weighted by Crippen LogP contribution is -2.55. The minimum Gasteiger partial charge on any atom is -0.351 e. The topological polar surface area (TPSA) is 54.3 Å². The zero-order valence-electron chi connectivity index (χ0n) is 11.8. The van der Waals surface area contributed by atoms with Crippen molar-refractivity contribution in [2.75, 3.05) is 7.11 Å². The van der Waals surface area contributed by atoms with E-state index in [-0.39, 0.29) is 5.91 Å². The van der Waals surface area contributed by atoms with E-state index in [0.717, 1.165) is 5.56 Å². The van der Waals surface area contributed by atoms with Crippen molar-refractivity contribution in [1.29, 1.82) is 0 Å². The molecule has 0 spiro atoms. The van der Waals surface area contributed by atoms with Crippen molar-refractivity contribution >= 4 is 5.91 Å². The molecule has 5 nitrogen and oxygen atoms in total. The molecule has 0 fully saturated rings. The molecule has 1 atom stereocenters. The third kappa shape index (κ3) is 1.85. The largest absolute Gasteiger partial charge is 0.351 e. The van der Waals surface area contributed by atoms with Crippen LogP contribution in [0.4, 0.5) is 0 Å². The monoisotopic (exact) mass is 261 g/mol. The van der Waals surface area contributed by atoms with Crippen molar-refractivity contribution in [3.05, 3.63) is 35.9 Å². The third-order valence-corrected chi connectivity index (χ3v) is 3.51. The van der Waals surface area contributed by atoms with Crippen molar-refractivity contribution in [3.8, 4) is 0 Å². The van der Waals surface area contributed by atoms with Gasteiger partial charge in [0.2, 0.25) is 11.6 Å². The lowest BCUT2D eigenvalue weighted by molar-refractivity contribution is -0.180. The van der Waals surface area contributed by atoms with E-state index in [2.05, 4.69) is 10.3 Å². The van der Waals surface area contributed by atoms with Gasteiger partial charge < -0.3 is 4.74 Å². The van der Waals surface area contributed by atoms with Gasteiger partial charge in [0.05, 0.1) is 0 Å². The molecule has 0 radical (unpaired) electrons. The van der Waals surface area contributed by atoms with Crippen LogP contribution < -0.4 is 0 Å². The standard InChI is InChI=1S/C14H19N3O2/c1-5-12(18)17-14(19-4,13(2,3)15-16-17)11-9-7-6-8-10-11/h6-10H,5H2,1-4H3. The molecular formula is C14H19N3O2. The maximum absolute atomic E-state index is 12.1. The van der Waals surface area contributed by atoms with Crippen LogP contribution in [0.1, 0.15) is 32.8 Å². The van der Waals surface area contributed by atoms with Crippen molar-refractivity contribution in [1.82, 2.24) is 5.01 Å². The van der Waals surface area contributed by atoms with Crippen LogP contribution in [0.25, 0.3) is 0 Å². The van der Waals surface area contributed by atoms with Gasteiger partial charge in [-0.15, -0.1) is 0 Å². The van der Waals surface area contributed by atoms with E-state index in [0.29, 0.717) is 6.42 Å². The Bertz CT molecular complexity index is 499. The molecule has 5 heteroatoms. The first-order valence-corrected chi connectivity index (χ1v) is 6.36. The van der Waals surface area contributed by atoms with Crippen LogP contribution in [0, 0.1) is 0 Å². The van der Waals surface area contributed by atoms with Crippen molar-refractivity contribution in [2.45, 2.75) is 38.5 Å². The number of amides is 1. The molecule has 0 N–H and O–H groups in total. The summed E-state index contributed by atoms with van der Waals surface area (Å²) in [6.45, 7) is 5.63. The molecule has 1 aromatic carbocycles. The number of carbonyl (C=O) groups is 1. The highest BCUT2D eigenvalue weighted by Gasteiger charge is 2.58. The van der Waals surface area contributed by atoms with Crippen molar-refractivity contribution in [3.63, 3.8) is 0 Å². The molecule has 0 saturated heterocycles. The molecule has 1 heterocycles. The van der Waals surface area contributed by atoms with E-state index < -0.39 is 11.3 Å². The summed E-state index contributed by atoms with van der Waals surface area (Å²) in [7, 11) is 1.58. The summed E-state index contributed by atoms with van der Waals surface area (Å²) in [5.74, 6) is -0.111. The number of rotatable bonds is 3. The molecule has 1 aliphatic heterocycles. The first-order chi connectivity index (χ1) is 8.99. The summed E-state index contributed by atoms with van der Waals surface area (Å²) in [5, 5.41) is 9.63. The summed E-state index contributed by atoms with van der Waals surface area (Å²) in [4.78, 5) is 12.1. The lowest BCUT2D eigenvalue weighted by atomic mass is 9.84. The number of hydrogen-bond acceptors (Lipinski definition) is 4. The van der Waals surface area contributed by atoms with Gasteiger partial charge in [-0.2, -0.15) is 10.1 Å². The molecule has 1 amide bonds. The van der Waals surface area contributed by atoms with Crippen LogP contribution in [0.2, 0.25) is 0 Å². The number of hydrogen-bond donors (Lipinski definition) is 0. The van der Waals surface area contributed by atoms with Crippen LogP contribution in [-0.2, 0) is 15.3 Å². The fourth-order valence-electron chi connectivity index (χ4n) is 2.52. The van der Waals surface area contributed by atoms with Gasteiger partial charge in [0.25, 0.3) is 0 Å². The van der Waals surface area contributed by atoms with E-state index in [1.807, 2.05) is 44.2 Å². The third-order valence-electron chi connectivity index (χ3n) is 3.51. The van der Waals surface area contributed by atoms with E-state index >= 15 is 0 Å². The van der Waals surface area contributed by atoms with Crippen LogP contribution in [0.15, 0.2) is 40.7 Å². The minimum absolute atomic E-state index is 0.111. The molecule has 0 aromatic heterocycles. The molecule has 19 heavy (non-hydrogen) atoms. The van der Waals surface area contributed by atoms with Gasteiger partial charge in [-0.1, -0.05) is 42.5 Å². The number of carbonyl (C=O) groups excluding carboxylic acids is 1. The van der Waals surface area contributed by atoms with Gasteiger partial charge in [-0.25, -0.2) is 0 Å². The predicted molar refractivity (Wildman–Crippen MR) is 71.2 cm³/mol. The van der Waals surface area contributed by atoms with Crippen LogP contribution in [-0.4, -0.2) is 23.6 Å². The normalized spacial score (nSPS) is 24.7. The van der Waals surface area contributed by atoms with E-state index in [9.17, 15) is 4.79 Å². The summed E-state index contributed by atoms with van der Waals surface area (Å²) in [6, 6.07) is 9.61. The van der Waals surface area contributed by atoms with Crippen LogP contribution in [0.3, 0.4) is 0 Å². The Kier molecular flexibility index (Phi) is 3.41. The SMILES string of the molecule is CCC(=O)N1N=NC(C)(C)C1(OC)c1ccccc1. The Balaban J connectivity index is 2.59. The highest BCUT2D eigenvalue weighted by Crippen LogP contribution is 2.46. The Morgan fingerprint density at radius 2 is 1.95 bits per heavy atom. The first kappa shape index (κ1) is 13.7. The fourth-order valence-corrected chi connectivity index (χ4v) is 2.52. The molecule has 1 aromatic rings. The van der Waals surface area contributed by atoms with Gasteiger partial charge >= 0.3 is 0 Å². The van der Waals surface area contributed by atoms with Crippen molar-refractivity contribution < 1.29 is 9.53 Å². The Morgan fingerprint density at radius 1 is 1.32 bits per heavy atom. The van der Waals surface area contributed by atoms with Crippen LogP contribution in [0.5, 0.6) is 0 Å². The number of benzene rings is 1.